The Kier molecular flexibility index (Phi) is 6.91. The molecular formula is C26H26N2O4S. The summed E-state index contributed by atoms with van der Waals surface area (Å²) in [6.45, 7) is 2.16. The van der Waals surface area contributed by atoms with Gasteiger partial charge >= 0.3 is 0 Å². The molecule has 1 aromatic heterocycles. The summed E-state index contributed by atoms with van der Waals surface area (Å²) in [5, 5.41) is 4.97. The molecule has 2 N–H and O–H groups in total. The van der Waals surface area contributed by atoms with E-state index in [0.29, 0.717) is 24.5 Å². The van der Waals surface area contributed by atoms with Crippen molar-refractivity contribution in [1.29, 1.82) is 0 Å². The summed E-state index contributed by atoms with van der Waals surface area (Å²) in [5.74, 6) is 0.715. The van der Waals surface area contributed by atoms with Gasteiger partial charge in [0, 0.05) is 17.6 Å². The van der Waals surface area contributed by atoms with Crippen molar-refractivity contribution in [3.05, 3.63) is 88.4 Å². The van der Waals surface area contributed by atoms with Gasteiger partial charge in [-0.1, -0.05) is 43.3 Å². The van der Waals surface area contributed by atoms with E-state index in [1.807, 2.05) is 42.6 Å². The van der Waals surface area contributed by atoms with Crippen molar-refractivity contribution in [2.45, 2.75) is 25.6 Å². The topological polar surface area (TPSA) is 83.7 Å². The zero-order valence-electron chi connectivity index (χ0n) is 18.6. The highest BCUT2D eigenvalue weighted by molar-refractivity contribution is 7.09. The lowest BCUT2D eigenvalue weighted by molar-refractivity contribution is -0.128. The fraction of sp³-hybridized carbons (Fsp3) is 0.231. The number of hydrogen-bond donors (Lipinski definition) is 1. The van der Waals surface area contributed by atoms with Crippen LogP contribution in [0.3, 0.4) is 0 Å². The van der Waals surface area contributed by atoms with E-state index < -0.39 is 11.5 Å². The quantitative estimate of drug-likeness (QED) is 0.357. The van der Waals surface area contributed by atoms with E-state index in [0.717, 1.165) is 16.1 Å². The lowest BCUT2D eigenvalue weighted by Crippen LogP contribution is -2.34. The minimum absolute atomic E-state index is 0.224. The maximum absolute atomic E-state index is 11.5. The van der Waals surface area contributed by atoms with Gasteiger partial charge in [0.2, 0.25) is 5.91 Å². The molecule has 7 heteroatoms. The van der Waals surface area contributed by atoms with E-state index in [2.05, 4.69) is 35.3 Å². The van der Waals surface area contributed by atoms with E-state index in [4.69, 9.17) is 19.9 Å². The second-order valence-corrected chi connectivity index (χ2v) is 8.53. The number of fused-ring (bicyclic) bond motifs is 1. The second kappa shape index (κ2) is 10.0. The van der Waals surface area contributed by atoms with Gasteiger partial charge in [-0.25, -0.2) is 4.98 Å². The van der Waals surface area contributed by atoms with Crippen LogP contribution in [0.15, 0.2) is 72.2 Å². The summed E-state index contributed by atoms with van der Waals surface area (Å²) in [4.78, 5) is 16.0. The molecule has 1 atom stereocenters. The summed E-state index contributed by atoms with van der Waals surface area (Å²) in [6.07, 6.45) is 2.26. The van der Waals surface area contributed by atoms with Gasteiger partial charge in [0.05, 0.1) is 7.11 Å². The number of methoxy groups -OCH3 is 1. The Morgan fingerprint density at radius 2 is 1.85 bits per heavy atom. The number of carbonyl (C=O) groups excluding carboxylic acids is 1. The number of thiazole rings is 1. The minimum atomic E-state index is -0.946. The summed E-state index contributed by atoms with van der Waals surface area (Å²) in [6, 6.07) is 20.1. The molecule has 0 saturated heterocycles. The van der Waals surface area contributed by atoms with Crippen LogP contribution in [0.1, 0.15) is 29.5 Å². The molecule has 170 valence electrons. The highest BCUT2D eigenvalue weighted by Gasteiger charge is 2.37. The molecule has 0 fully saturated rings. The highest BCUT2D eigenvalue weighted by Crippen LogP contribution is 2.41. The summed E-state index contributed by atoms with van der Waals surface area (Å²) in [5.41, 5.74) is 6.29. The Bertz CT molecular complexity index is 1240. The summed E-state index contributed by atoms with van der Waals surface area (Å²) in [7, 11) is 1.60. The summed E-state index contributed by atoms with van der Waals surface area (Å²) < 4.78 is 17.8. The van der Waals surface area contributed by atoms with Gasteiger partial charge in [0.1, 0.15) is 35.3 Å². The van der Waals surface area contributed by atoms with E-state index in [1.54, 1.807) is 13.3 Å². The number of amides is 1. The highest BCUT2D eigenvalue weighted by atomic mass is 32.1. The van der Waals surface area contributed by atoms with E-state index in [-0.39, 0.29) is 6.61 Å². The van der Waals surface area contributed by atoms with Crippen molar-refractivity contribution in [2.75, 3.05) is 13.7 Å². The number of rotatable bonds is 10. The normalized spacial score (nSPS) is 12.9. The molecule has 0 bridgehead atoms. The fourth-order valence-electron chi connectivity index (χ4n) is 3.84. The molecule has 4 rings (SSSR count). The smallest absolute Gasteiger partial charge is 0.243 e. The summed E-state index contributed by atoms with van der Waals surface area (Å²) >= 11 is 1.46. The molecule has 1 heterocycles. The van der Waals surface area contributed by atoms with Crippen LogP contribution in [-0.4, -0.2) is 24.6 Å². The molecule has 33 heavy (non-hydrogen) atoms. The van der Waals surface area contributed by atoms with Crippen LogP contribution < -0.4 is 15.2 Å². The van der Waals surface area contributed by atoms with Gasteiger partial charge in [-0.2, -0.15) is 0 Å². The Labute approximate surface area is 196 Å². The molecule has 0 radical (unpaired) electrons. The Hall–Kier alpha value is -3.42. The van der Waals surface area contributed by atoms with Gasteiger partial charge in [-0.15, -0.1) is 11.3 Å². The van der Waals surface area contributed by atoms with Crippen LogP contribution in [0.2, 0.25) is 0 Å². The molecule has 0 saturated carbocycles. The first-order valence-electron chi connectivity index (χ1n) is 10.7. The first-order valence-corrected chi connectivity index (χ1v) is 11.5. The van der Waals surface area contributed by atoms with Crippen LogP contribution in [0.5, 0.6) is 11.5 Å². The van der Waals surface area contributed by atoms with E-state index >= 15 is 0 Å². The molecule has 3 aromatic carbocycles. The average molecular weight is 463 g/mol. The van der Waals surface area contributed by atoms with Crippen molar-refractivity contribution >= 4 is 28.0 Å². The van der Waals surface area contributed by atoms with Crippen LogP contribution in [-0.2, 0) is 21.7 Å². The first-order chi connectivity index (χ1) is 16.0. The Morgan fingerprint density at radius 3 is 2.55 bits per heavy atom. The van der Waals surface area contributed by atoms with Crippen molar-refractivity contribution in [3.63, 3.8) is 0 Å². The molecule has 0 aliphatic heterocycles. The molecule has 0 aliphatic rings. The molecule has 4 aromatic rings. The molecule has 1 amide bonds. The van der Waals surface area contributed by atoms with Gasteiger partial charge < -0.3 is 19.9 Å². The van der Waals surface area contributed by atoms with E-state index in [9.17, 15) is 4.79 Å². The van der Waals surface area contributed by atoms with Gasteiger partial charge in [-0.05, 0) is 46.5 Å². The number of primary amides is 1. The third-order valence-corrected chi connectivity index (χ3v) is 6.45. The van der Waals surface area contributed by atoms with Crippen LogP contribution >= 0.6 is 11.3 Å². The zero-order valence-corrected chi connectivity index (χ0v) is 19.4. The Balaban J connectivity index is 1.67. The van der Waals surface area contributed by atoms with Gasteiger partial charge in [-0.3, -0.25) is 4.79 Å². The number of benzene rings is 3. The zero-order chi connectivity index (χ0) is 23.3. The third-order valence-electron chi connectivity index (χ3n) is 5.54. The predicted octanol–water partition coefficient (Wildman–Crippen LogP) is 5.04. The lowest BCUT2D eigenvalue weighted by Gasteiger charge is -2.31. The van der Waals surface area contributed by atoms with E-state index in [1.165, 1.54) is 22.1 Å². The first kappa shape index (κ1) is 22.8. The number of nitrogens with two attached hydrogens (primary N) is 1. The average Bonchev–Trinajstić information content (AvgIpc) is 3.38. The second-order valence-electron chi connectivity index (χ2n) is 7.64. The van der Waals surface area contributed by atoms with Crippen molar-refractivity contribution in [3.8, 4) is 11.5 Å². The van der Waals surface area contributed by atoms with Crippen LogP contribution in [0, 0.1) is 0 Å². The SMILES string of the molecule is CCC(OCC(N)=O)(c1cc(OC)cc(OCc2ccc3ccccc3c2)c1)c1nccs1. The number of hydrogen-bond acceptors (Lipinski definition) is 6. The maximum Gasteiger partial charge on any atom is 0.243 e. The molecular weight excluding hydrogens is 436 g/mol. The fourth-order valence-corrected chi connectivity index (χ4v) is 4.73. The minimum Gasteiger partial charge on any atom is -0.497 e. The molecule has 6 nitrogen and oxygen atoms in total. The molecule has 0 spiro atoms. The number of nitrogens with zero attached hydrogens (tertiary/aromatic N) is 1. The van der Waals surface area contributed by atoms with Gasteiger partial charge in [0.15, 0.2) is 0 Å². The van der Waals surface area contributed by atoms with Crippen molar-refractivity contribution in [2.24, 2.45) is 5.73 Å². The third kappa shape index (κ3) is 4.99. The largest absolute Gasteiger partial charge is 0.497 e. The number of aromatic nitrogens is 1. The monoisotopic (exact) mass is 462 g/mol. The molecule has 1 unspecified atom stereocenters. The van der Waals surface area contributed by atoms with Crippen molar-refractivity contribution < 1.29 is 19.0 Å². The predicted molar refractivity (Wildman–Crippen MR) is 130 cm³/mol. The van der Waals surface area contributed by atoms with Crippen LogP contribution in [0.25, 0.3) is 10.8 Å². The molecule has 0 aliphatic carbocycles. The lowest BCUT2D eigenvalue weighted by atomic mass is 9.90. The number of carbonyl (C=O) groups is 1. The maximum atomic E-state index is 11.5. The van der Waals surface area contributed by atoms with Gasteiger partial charge in [0.25, 0.3) is 0 Å². The number of ether oxygens (including phenoxy) is 3. The standard InChI is InChI=1S/C26H26N2O4S/c1-3-26(32-17-24(27)29,25-28-10-11-33-25)21-13-22(30-2)15-23(14-21)31-16-18-8-9-19-6-4-5-7-20(19)12-18/h4-15H,3,16-17H2,1-2H3,(H2,27,29). The Morgan fingerprint density at radius 1 is 1.06 bits per heavy atom. The van der Waals surface area contributed by atoms with Crippen molar-refractivity contribution in [1.82, 2.24) is 4.98 Å². The van der Waals surface area contributed by atoms with Crippen LogP contribution in [0.4, 0.5) is 0 Å².